The van der Waals surface area contributed by atoms with Gasteiger partial charge in [0.2, 0.25) is 0 Å². The third-order valence-electron chi connectivity index (χ3n) is 4.66. The van der Waals surface area contributed by atoms with E-state index in [0.717, 1.165) is 5.03 Å². The Labute approximate surface area is 148 Å². The van der Waals surface area contributed by atoms with Crippen molar-refractivity contribution in [1.29, 1.82) is 0 Å². The van der Waals surface area contributed by atoms with Gasteiger partial charge in [-0.15, -0.1) is 12.6 Å². The number of benzene rings is 3. The second kappa shape index (κ2) is 5.42. The summed E-state index contributed by atoms with van der Waals surface area (Å²) >= 11 is 4.76. The molecule has 1 aromatic heterocycles. The number of fused-ring (bicyclic) bond motifs is 2. The fourth-order valence-electron chi connectivity index (χ4n) is 3.31. The zero-order chi connectivity index (χ0) is 16.9. The topological polar surface area (TPSA) is 4.93 Å². The molecule has 2 heteroatoms. The Morgan fingerprint density at radius 2 is 1.54 bits per heavy atom. The van der Waals surface area contributed by atoms with E-state index in [1.807, 2.05) is 0 Å². The second-order valence-electron chi connectivity index (χ2n) is 7.36. The standard InChI is InChI=1S/C22H21NS/c1-22(2,3)17-12-11-16-13-21(24)23(20(16)14-17)19-10-6-8-15-7-4-5-9-18(15)19/h4-14,24H,1-3H3. The lowest BCUT2D eigenvalue weighted by Gasteiger charge is -2.20. The number of hydrogen-bond acceptors (Lipinski definition) is 1. The first-order valence-corrected chi connectivity index (χ1v) is 8.73. The van der Waals surface area contributed by atoms with Crippen LogP contribution in [0.25, 0.3) is 27.4 Å². The number of aromatic nitrogens is 1. The molecule has 0 unspecified atom stereocenters. The van der Waals surface area contributed by atoms with E-state index in [9.17, 15) is 0 Å². The van der Waals surface area contributed by atoms with Gasteiger partial charge in [-0.2, -0.15) is 0 Å². The fraction of sp³-hybridized carbons (Fsp3) is 0.182. The Bertz CT molecular complexity index is 1050. The summed E-state index contributed by atoms with van der Waals surface area (Å²) in [6, 6.07) is 23.8. The predicted octanol–water partition coefficient (Wildman–Crippen LogP) is 6.37. The minimum absolute atomic E-state index is 0.124. The summed E-state index contributed by atoms with van der Waals surface area (Å²) in [5.74, 6) is 0. The molecule has 24 heavy (non-hydrogen) atoms. The van der Waals surface area contributed by atoms with Gasteiger partial charge in [-0.3, -0.25) is 0 Å². The van der Waals surface area contributed by atoms with Crippen molar-refractivity contribution in [3.8, 4) is 5.69 Å². The van der Waals surface area contributed by atoms with E-state index >= 15 is 0 Å². The summed E-state index contributed by atoms with van der Waals surface area (Å²) in [6.07, 6.45) is 0. The lowest BCUT2D eigenvalue weighted by Crippen LogP contribution is -2.10. The van der Waals surface area contributed by atoms with E-state index in [1.54, 1.807) is 0 Å². The Morgan fingerprint density at radius 1 is 0.792 bits per heavy atom. The molecule has 0 saturated carbocycles. The van der Waals surface area contributed by atoms with Crippen LogP contribution in [-0.4, -0.2) is 4.57 Å². The minimum atomic E-state index is 0.124. The van der Waals surface area contributed by atoms with Crippen LogP contribution in [0.15, 0.2) is 71.8 Å². The predicted molar refractivity (Wildman–Crippen MR) is 107 cm³/mol. The zero-order valence-electron chi connectivity index (χ0n) is 14.2. The molecule has 0 amide bonds. The highest BCUT2D eigenvalue weighted by molar-refractivity contribution is 7.80. The molecular weight excluding hydrogens is 310 g/mol. The highest BCUT2D eigenvalue weighted by Gasteiger charge is 2.17. The molecule has 0 aliphatic carbocycles. The SMILES string of the molecule is CC(C)(C)c1ccc2cc(S)n(-c3cccc4ccccc34)c2c1. The number of hydrogen-bond donors (Lipinski definition) is 1. The highest BCUT2D eigenvalue weighted by atomic mass is 32.1. The first-order chi connectivity index (χ1) is 11.4. The van der Waals surface area contributed by atoms with Gasteiger partial charge in [0.05, 0.1) is 16.2 Å². The van der Waals surface area contributed by atoms with Crippen molar-refractivity contribution < 1.29 is 0 Å². The van der Waals surface area contributed by atoms with Gasteiger partial charge in [0.1, 0.15) is 0 Å². The lowest BCUT2D eigenvalue weighted by atomic mass is 9.87. The van der Waals surface area contributed by atoms with Gasteiger partial charge in [-0.25, -0.2) is 0 Å². The molecule has 0 radical (unpaired) electrons. The number of nitrogens with zero attached hydrogens (tertiary/aromatic N) is 1. The van der Waals surface area contributed by atoms with Crippen molar-refractivity contribution >= 4 is 34.3 Å². The van der Waals surface area contributed by atoms with Crippen LogP contribution in [-0.2, 0) is 5.41 Å². The third kappa shape index (κ3) is 2.42. The maximum Gasteiger partial charge on any atom is 0.0774 e. The van der Waals surface area contributed by atoms with Gasteiger partial charge < -0.3 is 4.57 Å². The first-order valence-electron chi connectivity index (χ1n) is 8.28. The quantitative estimate of drug-likeness (QED) is 0.387. The molecule has 0 N–H and O–H groups in total. The molecule has 4 rings (SSSR count). The van der Waals surface area contributed by atoms with Gasteiger partial charge in [-0.05, 0) is 34.6 Å². The van der Waals surface area contributed by atoms with Crippen molar-refractivity contribution in [2.24, 2.45) is 0 Å². The van der Waals surface area contributed by atoms with Gasteiger partial charge in [0, 0.05) is 10.8 Å². The van der Waals surface area contributed by atoms with Gasteiger partial charge in [-0.1, -0.05) is 69.3 Å². The summed E-state index contributed by atoms with van der Waals surface area (Å²) < 4.78 is 2.26. The molecule has 0 atom stereocenters. The van der Waals surface area contributed by atoms with E-state index in [4.69, 9.17) is 12.6 Å². The van der Waals surface area contributed by atoms with Gasteiger partial charge >= 0.3 is 0 Å². The summed E-state index contributed by atoms with van der Waals surface area (Å²) in [4.78, 5) is 0. The van der Waals surface area contributed by atoms with Crippen LogP contribution in [0, 0.1) is 0 Å². The maximum atomic E-state index is 4.76. The molecule has 0 aliphatic rings. The van der Waals surface area contributed by atoms with E-state index < -0.39 is 0 Å². The van der Waals surface area contributed by atoms with E-state index in [0.29, 0.717) is 0 Å². The monoisotopic (exact) mass is 331 g/mol. The summed E-state index contributed by atoms with van der Waals surface area (Å²) in [6.45, 7) is 6.75. The second-order valence-corrected chi connectivity index (χ2v) is 7.82. The average Bonchev–Trinajstić information content (AvgIpc) is 2.88. The number of rotatable bonds is 1. The third-order valence-corrected chi connectivity index (χ3v) is 4.99. The molecule has 120 valence electrons. The molecular formula is C22H21NS. The average molecular weight is 331 g/mol. The molecule has 1 nitrogen and oxygen atoms in total. The normalized spacial score (nSPS) is 12.2. The van der Waals surface area contributed by atoms with Gasteiger partial charge in [0.15, 0.2) is 0 Å². The van der Waals surface area contributed by atoms with Crippen LogP contribution in [0.4, 0.5) is 0 Å². The fourth-order valence-corrected chi connectivity index (χ4v) is 3.66. The first kappa shape index (κ1) is 15.3. The number of thiol groups is 1. The van der Waals surface area contributed by atoms with Crippen molar-refractivity contribution in [2.75, 3.05) is 0 Å². The van der Waals surface area contributed by atoms with Crippen LogP contribution in [0.1, 0.15) is 26.3 Å². The van der Waals surface area contributed by atoms with Crippen molar-refractivity contribution in [3.63, 3.8) is 0 Å². The van der Waals surface area contributed by atoms with Crippen molar-refractivity contribution in [1.82, 2.24) is 4.57 Å². The summed E-state index contributed by atoms with van der Waals surface area (Å²) in [7, 11) is 0. The highest BCUT2D eigenvalue weighted by Crippen LogP contribution is 2.33. The zero-order valence-corrected chi connectivity index (χ0v) is 15.1. The minimum Gasteiger partial charge on any atom is -0.304 e. The van der Waals surface area contributed by atoms with Gasteiger partial charge in [0.25, 0.3) is 0 Å². The molecule has 1 heterocycles. The van der Waals surface area contributed by atoms with E-state index in [-0.39, 0.29) is 5.41 Å². The summed E-state index contributed by atoms with van der Waals surface area (Å²) in [5, 5.41) is 4.68. The van der Waals surface area contributed by atoms with Crippen LogP contribution in [0.2, 0.25) is 0 Å². The Kier molecular flexibility index (Phi) is 3.47. The van der Waals surface area contributed by atoms with Crippen LogP contribution >= 0.6 is 12.6 Å². The Morgan fingerprint density at radius 3 is 2.33 bits per heavy atom. The molecule has 0 bridgehead atoms. The van der Waals surface area contributed by atoms with E-state index in [2.05, 4.69) is 92.1 Å². The van der Waals surface area contributed by atoms with Crippen LogP contribution < -0.4 is 0 Å². The smallest absolute Gasteiger partial charge is 0.0774 e. The summed E-state index contributed by atoms with van der Waals surface area (Å²) in [5.41, 5.74) is 3.85. The van der Waals surface area contributed by atoms with E-state index in [1.165, 1.54) is 32.9 Å². The van der Waals surface area contributed by atoms with Crippen molar-refractivity contribution in [2.45, 2.75) is 31.2 Å². The molecule has 0 fully saturated rings. The molecule has 4 aromatic rings. The lowest BCUT2D eigenvalue weighted by molar-refractivity contribution is 0.591. The maximum absolute atomic E-state index is 4.76. The molecule has 0 spiro atoms. The Hall–Kier alpha value is -2.19. The molecule has 0 aliphatic heterocycles. The van der Waals surface area contributed by atoms with Crippen LogP contribution in [0.3, 0.4) is 0 Å². The van der Waals surface area contributed by atoms with Crippen LogP contribution in [0.5, 0.6) is 0 Å². The molecule has 0 saturated heterocycles. The molecule has 3 aromatic carbocycles. The largest absolute Gasteiger partial charge is 0.304 e. The Balaban J connectivity index is 2.07. The van der Waals surface area contributed by atoms with Crippen molar-refractivity contribution in [3.05, 3.63) is 72.3 Å².